The zero-order chi connectivity index (χ0) is 23.1. The van der Waals surface area contributed by atoms with E-state index >= 15 is 0 Å². The lowest BCUT2D eigenvalue weighted by Crippen LogP contribution is -2.28. The number of nitrogen functional groups attached to an aromatic ring is 1. The molecule has 9 heteroatoms. The smallest absolute Gasteiger partial charge is 0.166 e. The van der Waals surface area contributed by atoms with Gasteiger partial charge in [0.25, 0.3) is 0 Å². The summed E-state index contributed by atoms with van der Waals surface area (Å²) in [4.78, 5) is 8.92. The van der Waals surface area contributed by atoms with Crippen LogP contribution in [0.2, 0.25) is 10.0 Å². The van der Waals surface area contributed by atoms with Crippen molar-refractivity contribution < 1.29 is 19.3 Å². The molecule has 2 aliphatic rings. The van der Waals surface area contributed by atoms with Crippen LogP contribution in [0.3, 0.4) is 0 Å². The van der Waals surface area contributed by atoms with E-state index in [-0.39, 0.29) is 23.9 Å². The minimum atomic E-state index is -0.582. The number of ether oxygens (including phenoxy) is 3. The second kappa shape index (κ2) is 9.08. The molecule has 2 aliphatic heterocycles. The summed E-state index contributed by atoms with van der Waals surface area (Å²) in [7, 11) is 0. The lowest BCUT2D eigenvalue weighted by Gasteiger charge is -2.19. The Morgan fingerprint density at radius 2 is 1.76 bits per heavy atom. The molecule has 2 unspecified atom stereocenters. The van der Waals surface area contributed by atoms with Crippen molar-refractivity contribution in [2.75, 3.05) is 18.9 Å². The second-order valence-corrected chi connectivity index (χ2v) is 9.06. The molecule has 5 atom stereocenters. The van der Waals surface area contributed by atoms with Gasteiger partial charge >= 0.3 is 0 Å². The molecule has 0 saturated carbocycles. The fourth-order valence-electron chi connectivity index (χ4n) is 4.38. The highest BCUT2D eigenvalue weighted by molar-refractivity contribution is 6.36. The van der Waals surface area contributed by atoms with Crippen molar-refractivity contribution in [2.45, 2.75) is 37.3 Å². The van der Waals surface area contributed by atoms with Gasteiger partial charge < -0.3 is 25.1 Å². The third-order valence-corrected chi connectivity index (χ3v) is 6.78. The average molecular weight is 488 g/mol. The minimum Gasteiger partial charge on any atom is -0.482 e. The normalized spacial score (nSPS) is 25.1. The van der Waals surface area contributed by atoms with E-state index in [1.165, 1.54) is 0 Å². The maximum Gasteiger partial charge on any atom is 0.166 e. The topological polar surface area (TPSA) is 99.7 Å². The number of halogens is 2. The van der Waals surface area contributed by atoms with Crippen LogP contribution in [0.4, 0.5) is 5.82 Å². The van der Waals surface area contributed by atoms with E-state index in [0.717, 1.165) is 16.8 Å². The maximum absolute atomic E-state index is 9.96. The molecule has 0 radical (unpaired) electrons. The van der Waals surface area contributed by atoms with Gasteiger partial charge in [0, 0.05) is 44.8 Å². The lowest BCUT2D eigenvalue weighted by molar-refractivity contribution is 0.0181. The molecule has 2 aromatic heterocycles. The number of benzene rings is 1. The van der Waals surface area contributed by atoms with Gasteiger partial charge in [-0.2, -0.15) is 0 Å². The van der Waals surface area contributed by atoms with Crippen LogP contribution < -0.4 is 10.5 Å². The molecule has 5 rings (SSSR count). The summed E-state index contributed by atoms with van der Waals surface area (Å²) in [5.74, 6) is 0.690. The molecule has 4 heterocycles. The molecule has 0 bridgehead atoms. The van der Waals surface area contributed by atoms with Crippen molar-refractivity contribution in [3.8, 4) is 16.9 Å². The number of nitrogens with two attached hydrogens (primary N) is 1. The molecule has 2 fully saturated rings. The highest BCUT2D eigenvalue weighted by atomic mass is 35.5. The highest BCUT2D eigenvalue weighted by Crippen LogP contribution is 2.38. The van der Waals surface area contributed by atoms with Gasteiger partial charge in [0.1, 0.15) is 18.3 Å². The molecule has 2 saturated heterocycles. The van der Waals surface area contributed by atoms with E-state index in [1.54, 1.807) is 30.6 Å². The first-order chi connectivity index (χ1) is 15.9. The van der Waals surface area contributed by atoms with Crippen molar-refractivity contribution in [3.63, 3.8) is 0 Å². The van der Waals surface area contributed by atoms with E-state index in [4.69, 9.17) is 43.1 Å². The Labute approximate surface area is 201 Å². The van der Waals surface area contributed by atoms with Gasteiger partial charge in [-0.05, 0) is 31.2 Å². The van der Waals surface area contributed by atoms with Gasteiger partial charge in [0.2, 0.25) is 0 Å². The summed E-state index contributed by atoms with van der Waals surface area (Å²) in [5, 5.41) is 11.0. The molecule has 1 aromatic carbocycles. The van der Waals surface area contributed by atoms with Crippen molar-refractivity contribution in [2.24, 2.45) is 0 Å². The fourth-order valence-corrected chi connectivity index (χ4v) is 5.09. The average Bonchev–Trinajstić information content (AvgIpc) is 3.38. The molecule has 0 aliphatic carbocycles. The van der Waals surface area contributed by atoms with E-state index in [2.05, 4.69) is 9.97 Å². The molecular weight excluding hydrogens is 465 g/mol. The number of hydrogen-bond acceptors (Lipinski definition) is 7. The first kappa shape index (κ1) is 22.4. The van der Waals surface area contributed by atoms with Gasteiger partial charge in [-0.1, -0.05) is 35.3 Å². The Kier molecular flexibility index (Phi) is 6.16. The van der Waals surface area contributed by atoms with E-state index in [1.807, 2.05) is 25.1 Å². The van der Waals surface area contributed by atoms with Crippen LogP contribution in [0.1, 0.15) is 30.2 Å². The van der Waals surface area contributed by atoms with Crippen LogP contribution >= 0.6 is 23.2 Å². The van der Waals surface area contributed by atoms with E-state index < -0.39 is 12.2 Å². The molecule has 0 amide bonds. The Morgan fingerprint density at radius 3 is 2.48 bits per heavy atom. The van der Waals surface area contributed by atoms with Crippen LogP contribution in [-0.4, -0.2) is 46.6 Å². The predicted molar refractivity (Wildman–Crippen MR) is 126 cm³/mol. The molecule has 33 heavy (non-hydrogen) atoms. The van der Waals surface area contributed by atoms with Crippen LogP contribution in [0.25, 0.3) is 11.1 Å². The fraction of sp³-hybridized carbons (Fsp3) is 0.333. The largest absolute Gasteiger partial charge is 0.482 e. The van der Waals surface area contributed by atoms with Crippen LogP contribution in [0, 0.1) is 0 Å². The van der Waals surface area contributed by atoms with Crippen LogP contribution in [-0.2, 0) is 9.47 Å². The second-order valence-electron chi connectivity index (χ2n) is 8.24. The van der Waals surface area contributed by atoms with E-state index in [0.29, 0.717) is 34.6 Å². The number of pyridine rings is 2. The Morgan fingerprint density at radius 1 is 1.03 bits per heavy atom. The van der Waals surface area contributed by atoms with Crippen molar-refractivity contribution in [1.29, 1.82) is 0 Å². The summed E-state index contributed by atoms with van der Waals surface area (Å²) < 4.78 is 17.5. The number of aliphatic hydroxyl groups is 1. The van der Waals surface area contributed by atoms with Gasteiger partial charge in [-0.15, -0.1) is 0 Å². The predicted octanol–water partition coefficient (Wildman–Crippen LogP) is 4.41. The van der Waals surface area contributed by atoms with Crippen molar-refractivity contribution >= 4 is 29.0 Å². The zero-order valence-electron chi connectivity index (χ0n) is 17.8. The first-order valence-electron chi connectivity index (χ1n) is 10.7. The standard InChI is InChI=1S/C24H23Cl2N3O4/c1-12(21-16(25)3-2-4-17(21)26)33-20-7-14(9-29-24(20)27)13-5-6-18(28-8-13)15-10-31-23-19(30)11-32-22(15)23/h2-9,12,15,19,22-23,30H,10-11H2,1H3,(H2,27,29)/t12-,15+,19+,22?,23?/m0/s1. The van der Waals surface area contributed by atoms with Gasteiger partial charge in [-0.3, -0.25) is 4.98 Å². The monoisotopic (exact) mass is 487 g/mol. The number of hydrogen-bond donors (Lipinski definition) is 2. The van der Waals surface area contributed by atoms with Gasteiger partial charge in [-0.25, -0.2) is 4.98 Å². The Bertz CT molecular complexity index is 1140. The number of anilines is 1. The Balaban J connectivity index is 1.36. The molecule has 3 aromatic rings. The van der Waals surface area contributed by atoms with Crippen molar-refractivity contribution in [1.82, 2.24) is 9.97 Å². The summed E-state index contributed by atoms with van der Waals surface area (Å²) >= 11 is 12.6. The van der Waals surface area contributed by atoms with Gasteiger partial charge in [0.05, 0.1) is 25.2 Å². The third kappa shape index (κ3) is 4.27. The summed E-state index contributed by atoms with van der Waals surface area (Å²) in [6, 6.07) is 11.1. The number of fused-ring (bicyclic) bond motifs is 1. The number of aromatic nitrogens is 2. The summed E-state index contributed by atoms with van der Waals surface area (Å²) in [6.45, 7) is 2.62. The minimum absolute atomic E-state index is 0.00847. The van der Waals surface area contributed by atoms with Crippen LogP contribution in [0.15, 0.2) is 48.8 Å². The Hall–Kier alpha value is -2.42. The molecule has 172 valence electrons. The number of rotatable bonds is 5. The molecule has 3 N–H and O–H groups in total. The SMILES string of the molecule is C[C@H](Oc1cc(-c2ccc([C@H]3COC4C3OC[C@H]4O)nc2)cnc1N)c1c(Cl)cccc1Cl. The van der Waals surface area contributed by atoms with Crippen LogP contribution in [0.5, 0.6) is 5.75 Å². The lowest BCUT2D eigenvalue weighted by atomic mass is 9.96. The summed E-state index contributed by atoms with van der Waals surface area (Å²) in [6.07, 6.45) is 1.99. The molecule has 7 nitrogen and oxygen atoms in total. The molecular formula is C24H23Cl2N3O4. The number of aliphatic hydroxyl groups excluding tert-OH is 1. The number of nitrogens with zero attached hydrogens (tertiary/aromatic N) is 2. The first-order valence-corrected chi connectivity index (χ1v) is 11.4. The zero-order valence-corrected chi connectivity index (χ0v) is 19.3. The third-order valence-electron chi connectivity index (χ3n) is 6.12. The quantitative estimate of drug-likeness (QED) is 0.549. The van der Waals surface area contributed by atoms with Gasteiger partial charge in [0.15, 0.2) is 11.6 Å². The van der Waals surface area contributed by atoms with E-state index in [9.17, 15) is 5.11 Å². The highest BCUT2D eigenvalue weighted by Gasteiger charge is 2.48. The van der Waals surface area contributed by atoms with Crippen molar-refractivity contribution in [3.05, 3.63) is 70.1 Å². The summed E-state index contributed by atoms with van der Waals surface area (Å²) in [5.41, 5.74) is 9.30. The maximum atomic E-state index is 9.96. The molecule has 0 spiro atoms.